The molecular weight excluding hydrogens is 134 g/mol. The molecule has 0 aromatic rings. The van der Waals surface area contributed by atoms with Crippen LogP contribution in [0.3, 0.4) is 0 Å². The molecule has 0 bridgehead atoms. The predicted octanol–water partition coefficient (Wildman–Crippen LogP) is 2.13. The van der Waals surface area contributed by atoms with Gasteiger partial charge in [-0.2, -0.15) is 0 Å². The van der Waals surface area contributed by atoms with E-state index in [4.69, 9.17) is 11.6 Å². The van der Waals surface area contributed by atoms with Gasteiger partial charge in [0.25, 0.3) is 0 Å². The maximum atomic E-state index is 5.90. The Bertz CT molecular complexity index is 102. The highest BCUT2D eigenvalue weighted by atomic mass is 35.5. The molecule has 0 atom stereocenters. The zero-order valence-electron chi connectivity index (χ0n) is 6.29. The first-order chi connectivity index (χ1) is 3.98. The van der Waals surface area contributed by atoms with Gasteiger partial charge in [0, 0.05) is 12.2 Å². The molecule has 0 spiro atoms. The van der Waals surface area contributed by atoms with Crippen LogP contribution >= 0.6 is 11.6 Å². The number of halogens is 1. The number of alkyl halides is 1. The summed E-state index contributed by atoms with van der Waals surface area (Å²) < 4.78 is 0. The van der Waals surface area contributed by atoms with Gasteiger partial charge in [-0.05, 0) is 20.8 Å². The molecule has 0 rings (SSSR count). The van der Waals surface area contributed by atoms with E-state index in [0.29, 0.717) is 0 Å². The molecule has 54 valence electrons. The zero-order valence-corrected chi connectivity index (χ0v) is 7.05. The highest BCUT2D eigenvalue weighted by Crippen LogP contribution is 2.19. The third kappa shape index (κ3) is 3.41. The fraction of sp³-hybridized carbons (Fsp3) is 0.714. The van der Waals surface area contributed by atoms with Crippen LogP contribution < -0.4 is 5.32 Å². The Kier molecular flexibility index (Phi) is 3.06. The van der Waals surface area contributed by atoms with Crippen LogP contribution in [0.4, 0.5) is 0 Å². The molecule has 2 heteroatoms. The van der Waals surface area contributed by atoms with E-state index in [1.165, 1.54) is 0 Å². The van der Waals surface area contributed by atoms with Gasteiger partial charge in [0.05, 0.1) is 4.87 Å². The summed E-state index contributed by atoms with van der Waals surface area (Å²) in [5.74, 6) is 0. The Morgan fingerprint density at radius 1 is 1.67 bits per heavy atom. The summed E-state index contributed by atoms with van der Waals surface area (Å²) >= 11 is 5.90. The smallest absolute Gasteiger partial charge is 0.0778 e. The molecule has 0 aromatic carbocycles. The molecule has 0 aliphatic rings. The summed E-state index contributed by atoms with van der Waals surface area (Å²) in [6.45, 7) is 10.5. The molecule has 0 fully saturated rings. The van der Waals surface area contributed by atoms with Crippen molar-refractivity contribution >= 4 is 11.6 Å². The van der Waals surface area contributed by atoms with Crippen LogP contribution in [0.2, 0.25) is 0 Å². The van der Waals surface area contributed by atoms with Crippen LogP contribution in [-0.2, 0) is 0 Å². The maximum absolute atomic E-state index is 5.90. The second-order valence-electron chi connectivity index (χ2n) is 2.48. The van der Waals surface area contributed by atoms with E-state index in [1.54, 1.807) is 0 Å². The molecule has 0 saturated carbocycles. The molecule has 0 aliphatic carbocycles. The topological polar surface area (TPSA) is 12.0 Å². The van der Waals surface area contributed by atoms with Crippen molar-refractivity contribution in [2.45, 2.75) is 25.6 Å². The third-order valence-electron chi connectivity index (χ3n) is 1.11. The normalized spacial score (nSPS) is 11.1. The van der Waals surface area contributed by atoms with Gasteiger partial charge >= 0.3 is 0 Å². The summed E-state index contributed by atoms with van der Waals surface area (Å²) in [5.41, 5.74) is 0.881. The summed E-state index contributed by atoms with van der Waals surface area (Å²) in [6.07, 6.45) is 0. The molecule has 9 heavy (non-hydrogen) atoms. The standard InChI is InChI=1S/C7H14ClN/c1-5-9-6(2)7(3,4)8/h9H,2,5H2,1,3-4H3. The van der Waals surface area contributed by atoms with Crippen LogP contribution in [0.5, 0.6) is 0 Å². The Morgan fingerprint density at radius 3 is 2.22 bits per heavy atom. The van der Waals surface area contributed by atoms with Crippen LogP contribution in [-0.4, -0.2) is 11.4 Å². The number of hydrogen-bond donors (Lipinski definition) is 1. The Morgan fingerprint density at radius 2 is 2.11 bits per heavy atom. The van der Waals surface area contributed by atoms with E-state index in [9.17, 15) is 0 Å². The lowest BCUT2D eigenvalue weighted by atomic mass is 10.1. The first-order valence-corrected chi connectivity index (χ1v) is 3.48. The van der Waals surface area contributed by atoms with Crippen molar-refractivity contribution in [2.75, 3.05) is 6.54 Å². The Labute approximate surface area is 62.1 Å². The Hall–Kier alpha value is -0.170. The number of hydrogen-bond acceptors (Lipinski definition) is 1. The summed E-state index contributed by atoms with van der Waals surface area (Å²) in [5, 5.41) is 3.06. The molecule has 0 unspecified atom stereocenters. The van der Waals surface area contributed by atoms with Crippen molar-refractivity contribution in [3.63, 3.8) is 0 Å². The van der Waals surface area contributed by atoms with Gasteiger partial charge in [-0.15, -0.1) is 11.6 Å². The van der Waals surface area contributed by atoms with Crippen LogP contribution in [0.15, 0.2) is 12.3 Å². The minimum Gasteiger partial charge on any atom is -0.388 e. The zero-order chi connectivity index (χ0) is 7.49. The molecular formula is C7H14ClN. The first-order valence-electron chi connectivity index (χ1n) is 3.10. The van der Waals surface area contributed by atoms with Crippen molar-refractivity contribution in [2.24, 2.45) is 0 Å². The van der Waals surface area contributed by atoms with Crippen molar-refractivity contribution in [3.8, 4) is 0 Å². The van der Waals surface area contributed by atoms with Crippen LogP contribution in [0.1, 0.15) is 20.8 Å². The van der Waals surface area contributed by atoms with Gasteiger partial charge in [-0.1, -0.05) is 6.58 Å². The first kappa shape index (κ1) is 8.83. The number of rotatable bonds is 3. The second kappa shape index (κ2) is 3.11. The highest BCUT2D eigenvalue weighted by molar-refractivity contribution is 6.25. The third-order valence-corrected chi connectivity index (χ3v) is 1.34. The fourth-order valence-electron chi connectivity index (χ4n) is 0.424. The van der Waals surface area contributed by atoms with Crippen LogP contribution in [0, 0.1) is 0 Å². The van der Waals surface area contributed by atoms with Crippen LogP contribution in [0.25, 0.3) is 0 Å². The van der Waals surface area contributed by atoms with E-state index in [1.807, 2.05) is 20.8 Å². The van der Waals surface area contributed by atoms with E-state index >= 15 is 0 Å². The van der Waals surface area contributed by atoms with Gasteiger partial charge in [-0.3, -0.25) is 0 Å². The molecule has 1 nitrogen and oxygen atoms in total. The van der Waals surface area contributed by atoms with Gasteiger partial charge in [0.2, 0.25) is 0 Å². The lowest BCUT2D eigenvalue weighted by Gasteiger charge is -2.19. The summed E-state index contributed by atoms with van der Waals surface area (Å²) in [4.78, 5) is -0.323. The lowest BCUT2D eigenvalue weighted by molar-refractivity contribution is 0.704. The molecule has 1 N–H and O–H groups in total. The molecule has 0 aliphatic heterocycles. The molecule has 0 aromatic heterocycles. The van der Waals surface area contributed by atoms with Gasteiger partial charge in [0.15, 0.2) is 0 Å². The maximum Gasteiger partial charge on any atom is 0.0778 e. The minimum absolute atomic E-state index is 0.323. The average Bonchev–Trinajstić information content (AvgIpc) is 1.64. The molecule has 0 radical (unpaired) electrons. The quantitative estimate of drug-likeness (QED) is 0.604. The summed E-state index contributed by atoms with van der Waals surface area (Å²) in [7, 11) is 0. The van der Waals surface area contributed by atoms with Crippen molar-refractivity contribution in [1.29, 1.82) is 0 Å². The van der Waals surface area contributed by atoms with Gasteiger partial charge in [-0.25, -0.2) is 0 Å². The highest BCUT2D eigenvalue weighted by Gasteiger charge is 2.16. The van der Waals surface area contributed by atoms with E-state index in [0.717, 1.165) is 12.2 Å². The second-order valence-corrected chi connectivity index (χ2v) is 3.43. The monoisotopic (exact) mass is 147 g/mol. The molecule has 0 heterocycles. The average molecular weight is 148 g/mol. The lowest BCUT2D eigenvalue weighted by Crippen LogP contribution is -2.26. The van der Waals surface area contributed by atoms with E-state index in [-0.39, 0.29) is 4.87 Å². The number of allylic oxidation sites excluding steroid dienone is 1. The molecule has 0 saturated heterocycles. The predicted molar refractivity (Wildman–Crippen MR) is 42.7 cm³/mol. The van der Waals surface area contributed by atoms with Crippen molar-refractivity contribution in [3.05, 3.63) is 12.3 Å². The molecule has 0 amide bonds. The van der Waals surface area contributed by atoms with Gasteiger partial charge in [0.1, 0.15) is 0 Å². The minimum atomic E-state index is -0.323. The van der Waals surface area contributed by atoms with E-state index in [2.05, 4.69) is 11.9 Å². The summed E-state index contributed by atoms with van der Waals surface area (Å²) in [6, 6.07) is 0. The SMILES string of the molecule is C=C(NCC)C(C)(C)Cl. The van der Waals surface area contributed by atoms with Gasteiger partial charge < -0.3 is 5.32 Å². The fourth-order valence-corrected chi connectivity index (χ4v) is 0.490. The van der Waals surface area contributed by atoms with Crippen molar-refractivity contribution < 1.29 is 0 Å². The Balaban J connectivity index is 3.74. The van der Waals surface area contributed by atoms with E-state index < -0.39 is 0 Å². The number of nitrogens with one attached hydrogen (secondary N) is 1. The largest absolute Gasteiger partial charge is 0.388 e. The van der Waals surface area contributed by atoms with Crippen molar-refractivity contribution in [1.82, 2.24) is 5.32 Å².